The smallest absolute Gasteiger partial charge is 0.128 e. The van der Waals surface area contributed by atoms with Gasteiger partial charge in [0.25, 0.3) is 0 Å². The number of likely N-dealkylation sites (N-methyl/N-ethyl adjacent to an activating group) is 1. The molecule has 0 fully saturated rings. The number of aromatic nitrogens is 1. The Morgan fingerprint density at radius 2 is 2.20 bits per heavy atom. The first-order valence-electron chi connectivity index (χ1n) is 5.12. The fourth-order valence-corrected chi connectivity index (χ4v) is 1.46. The lowest BCUT2D eigenvalue weighted by molar-refractivity contribution is 0.392. The first-order valence-corrected chi connectivity index (χ1v) is 5.12. The van der Waals surface area contributed by atoms with Gasteiger partial charge in [-0.15, -0.1) is 0 Å². The van der Waals surface area contributed by atoms with Gasteiger partial charge < -0.3 is 16.0 Å². The first-order chi connectivity index (χ1) is 6.99. The van der Waals surface area contributed by atoms with E-state index >= 15 is 0 Å². The largest absolute Gasteiger partial charge is 0.398 e. The molecule has 0 saturated heterocycles. The molecule has 15 heavy (non-hydrogen) atoms. The van der Waals surface area contributed by atoms with E-state index in [0.717, 1.165) is 23.6 Å². The van der Waals surface area contributed by atoms with Crippen LogP contribution in [0.5, 0.6) is 0 Å². The maximum Gasteiger partial charge on any atom is 0.128 e. The van der Waals surface area contributed by atoms with Crippen molar-refractivity contribution < 1.29 is 0 Å². The van der Waals surface area contributed by atoms with Gasteiger partial charge in [-0.2, -0.15) is 0 Å². The highest BCUT2D eigenvalue weighted by Crippen LogP contribution is 2.14. The molecule has 1 atom stereocenters. The molecule has 84 valence electrons. The van der Waals surface area contributed by atoms with E-state index in [4.69, 9.17) is 5.73 Å². The molecule has 1 unspecified atom stereocenters. The maximum atomic E-state index is 5.81. The lowest BCUT2D eigenvalue weighted by atomic mass is 10.2. The summed E-state index contributed by atoms with van der Waals surface area (Å²) in [6.45, 7) is 5.04. The van der Waals surface area contributed by atoms with Gasteiger partial charge in [0.15, 0.2) is 0 Å². The number of nitrogens with zero attached hydrogens (tertiary/aromatic N) is 2. The van der Waals surface area contributed by atoms with Crippen molar-refractivity contribution >= 4 is 11.5 Å². The quantitative estimate of drug-likeness (QED) is 0.784. The van der Waals surface area contributed by atoms with E-state index in [1.54, 1.807) is 6.20 Å². The monoisotopic (exact) mass is 208 g/mol. The van der Waals surface area contributed by atoms with Crippen LogP contribution in [0.1, 0.15) is 12.5 Å². The van der Waals surface area contributed by atoms with E-state index in [1.165, 1.54) is 0 Å². The summed E-state index contributed by atoms with van der Waals surface area (Å²) in [6.07, 6.45) is 1.79. The average Bonchev–Trinajstić information content (AvgIpc) is 2.10. The Kier molecular flexibility index (Phi) is 3.91. The predicted molar refractivity (Wildman–Crippen MR) is 65.0 cm³/mol. The van der Waals surface area contributed by atoms with E-state index in [2.05, 4.69) is 36.2 Å². The molecular formula is C11H20N4. The van der Waals surface area contributed by atoms with Crippen LogP contribution in [-0.2, 0) is 0 Å². The fraction of sp³-hybridized carbons (Fsp3) is 0.545. The van der Waals surface area contributed by atoms with Crippen LogP contribution in [0.3, 0.4) is 0 Å². The van der Waals surface area contributed by atoms with Crippen molar-refractivity contribution in [1.82, 2.24) is 9.88 Å². The summed E-state index contributed by atoms with van der Waals surface area (Å²) in [5, 5.41) is 3.31. The Balaban J connectivity index is 2.60. The zero-order valence-electron chi connectivity index (χ0n) is 9.91. The molecule has 0 aromatic carbocycles. The number of nitrogens with two attached hydrogens (primary N) is 1. The number of aryl methyl sites for hydroxylation is 1. The van der Waals surface area contributed by atoms with Crippen molar-refractivity contribution in [2.45, 2.75) is 19.9 Å². The maximum absolute atomic E-state index is 5.81. The Morgan fingerprint density at radius 1 is 1.53 bits per heavy atom. The molecule has 1 aromatic rings. The average molecular weight is 208 g/mol. The second-order valence-corrected chi connectivity index (χ2v) is 4.23. The van der Waals surface area contributed by atoms with Crippen molar-refractivity contribution in [3.63, 3.8) is 0 Å². The van der Waals surface area contributed by atoms with E-state index < -0.39 is 0 Å². The lowest BCUT2D eigenvalue weighted by Gasteiger charge is -2.19. The Hall–Kier alpha value is -1.29. The molecule has 0 aliphatic carbocycles. The van der Waals surface area contributed by atoms with Crippen molar-refractivity contribution in [2.24, 2.45) is 0 Å². The van der Waals surface area contributed by atoms with Crippen molar-refractivity contribution in [2.75, 3.05) is 31.7 Å². The third-order valence-electron chi connectivity index (χ3n) is 2.18. The molecule has 4 heteroatoms. The highest BCUT2D eigenvalue weighted by atomic mass is 15.1. The van der Waals surface area contributed by atoms with Crippen molar-refractivity contribution in [3.05, 3.63) is 17.8 Å². The summed E-state index contributed by atoms with van der Waals surface area (Å²) >= 11 is 0. The van der Waals surface area contributed by atoms with Crippen LogP contribution in [0.15, 0.2) is 12.3 Å². The molecule has 0 aliphatic rings. The van der Waals surface area contributed by atoms with Crippen LogP contribution in [-0.4, -0.2) is 36.6 Å². The Morgan fingerprint density at radius 3 is 2.73 bits per heavy atom. The number of anilines is 2. The van der Waals surface area contributed by atoms with E-state index in [9.17, 15) is 0 Å². The molecule has 0 spiro atoms. The van der Waals surface area contributed by atoms with Crippen LogP contribution in [0.25, 0.3) is 0 Å². The van der Waals surface area contributed by atoms with Gasteiger partial charge in [-0.05, 0) is 33.5 Å². The van der Waals surface area contributed by atoms with Gasteiger partial charge >= 0.3 is 0 Å². The van der Waals surface area contributed by atoms with E-state index in [0.29, 0.717) is 6.04 Å². The molecule has 0 aliphatic heterocycles. The summed E-state index contributed by atoms with van der Waals surface area (Å²) in [7, 11) is 4.10. The molecule has 0 bridgehead atoms. The molecule has 1 rings (SSSR count). The molecule has 1 aromatic heterocycles. The normalized spacial score (nSPS) is 12.9. The highest BCUT2D eigenvalue weighted by molar-refractivity contribution is 5.53. The van der Waals surface area contributed by atoms with Gasteiger partial charge in [-0.25, -0.2) is 4.98 Å². The van der Waals surface area contributed by atoms with E-state index in [-0.39, 0.29) is 0 Å². The number of hydrogen-bond donors (Lipinski definition) is 2. The number of hydrogen-bond acceptors (Lipinski definition) is 4. The third-order valence-corrected chi connectivity index (χ3v) is 2.18. The number of nitrogens with one attached hydrogen (secondary N) is 1. The number of nitrogen functional groups attached to an aromatic ring is 1. The third kappa shape index (κ3) is 3.75. The van der Waals surface area contributed by atoms with Gasteiger partial charge in [-0.1, -0.05) is 0 Å². The molecular weight excluding hydrogens is 188 g/mol. The van der Waals surface area contributed by atoms with Gasteiger partial charge in [0.1, 0.15) is 5.82 Å². The van der Waals surface area contributed by atoms with Gasteiger partial charge in [0, 0.05) is 30.5 Å². The predicted octanol–water partition coefficient (Wildman–Crippen LogP) is 1.33. The topological polar surface area (TPSA) is 54.2 Å². The number of pyridine rings is 1. The molecule has 0 amide bonds. The lowest BCUT2D eigenvalue weighted by Crippen LogP contribution is -2.29. The van der Waals surface area contributed by atoms with Crippen LogP contribution in [0, 0.1) is 6.92 Å². The standard InChI is InChI=1S/C11H20N4/c1-8-6-13-11(5-10(8)12)14-9(2)7-15(3)4/h5-6,9H,7H2,1-4H3,(H3,12,13,14). The second kappa shape index (κ2) is 4.98. The summed E-state index contributed by atoms with van der Waals surface area (Å²) in [5.41, 5.74) is 7.60. The summed E-state index contributed by atoms with van der Waals surface area (Å²) in [6, 6.07) is 2.23. The van der Waals surface area contributed by atoms with Crippen molar-refractivity contribution in [3.8, 4) is 0 Å². The van der Waals surface area contributed by atoms with Gasteiger partial charge in [0.05, 0.1) is 0 Å². The minimum absolute atomic E-state index is 0.356. The van der Waals surface area contributed by atoms with Gasteiger partial charge in [-0.3, -0.25) is 0 Å². The fourth-order valence-electron chi connectivity index (χ4n) is 1.46. The van der Waals surface area contributed by atoms with Crippen LogP contribution in [0.2, 0.25) is 0 Å². The summed E-state index contributed by atoms with van der Waals surface area (Å²) in [5.74, 6) is 0.840. The minimum atomic E-state index is 0.356. The van der Waals surface area contributed by atoms with Crippen LogP contribution >= 0.6 is 0 Å². The first kappa shape index (κ1) is 11.8. The van der Waals surface area contributed by atoms with Crippen LogP contribution < -0.4 is 11.1 Å². The minimum Gasteiger partial charge on any atom is -0.398 e. The Bertz CT molecular complexity index is 322. The zero-order valence-corrected chi connectivity index (χ0v) is 9.91. The molecule has 0 radical (unpaired) electrons. The Labute approximate surface area is 91.5 Å². The zero-order chi connectivity index (χ0) is 11.4. The molecule has 0 saturated carbocycles. The van der Waals surface area contributed by atoms with E-state index in [1.807, 2.05) is 13.0 Å². The SMILES string of the molecule is Cc1cnc(NC(C)CN(C)C)cc1N. The summed E-state index contributed by atoms with van der Waals surface area (Å²) < 4.78 is 0. The van der Waals surface area contributed by atoms with Gasteiger partial charge in [0.2, 0.25) is 0 Å². The van der Waals surface area contributed by atoms with Crippen molar-refractivity contribution in [1.29, 1.82) is 0 Å². The molecule has 4 nitrogen and oxygen atoms in total. The molecule has 3 N–H and O–H groups in total. The molecule has 1 heterocycles. The summed E-state index contributed by atoms with van der Waals surface area (Å²) in [4.78, 5) is 6.41. The van der Waals surface area contributed by atoms with Crippen LogP contribution in [0.4, 0.5) is 11.5 Å². The second-order valence-electron chi connectivity index (χ2n) is 4.23. The number of rotatable bonds is 4. The highest BCUT2D eigenvalue weighted by Gasteiger charge is 2.04.